The number of unbranched alkanes of at least 4 members (excludes halogenated alkanes) is 1. The van der Waals surface area contributed by atoms with Gasteiger partial charge in [0.25, 0.3) is 0 Å². The van der Waals surface area contributed by atoms with E-state index < -0.39 is 0 Å². The van der Waals surface area contributed by atoms with E-state index in [1.54, 1.807) is 0 Å². The molecular weight excluding hydrogens is 201 g/mol. The molecule has 0 heterocycles. The van der Waals surface area contributed by atoms with Crippen LogP contribution in [0, 0.1) is 12.7 Å². The smallest absolute Gasteiger partial charge is 0.142 e. The highest BCUT2D eigenvalue weighted by molar-refractivity contribution is 6.31. The summed E-state index contributed by atoms with van der Waals surface area (Å²) >= 11 is 5.72. The van der Waals surface area contributed by atoms with Crippen molar-refractivity contribution in [1.82, 2.24) is 0 Å². The summed E-state index contributed by atoms with van der Waals surface area (Å²) in [7, 11) is 0. The van der Waals surface area contributed by atoms with Gasteiger partial charge >= 0.3 is 0 Å². The van der Waals surface area contributed by atoms with Gasteiger partial charge in [0, 0.05) is 0 Å². The molecule has 0 aliphatic rings. The van der Waals surface area contributed by atoms with Crippen molar-refractivity contribution in [1.29, 1.82) is 0 Å². The van der Waals surface area contributed by atoms with Crippen molar-refractivity contribution in [2.75, 3.05) is 6.54 Å². The molecule has 2 N–H and O–H groups in total. The van der Waals surface area contributed by atoms with Crippen molar-refractivity contribution >= 4 is 11.6 Å². The van der Waals surface area contributed by atoms with Crippen molar-refractivity contribution in [3.63, 3.8) is 0 Å². The molecule has 0 radical (unpaired) electrons. The van der Waals surface area contributed by atoms with Gasteiger partial charge in [-0.2, -0.15) is 0 Å². The quantitative estimate of drug-likeness (QED) is 0.768. The third-order valence-corrected chi connectivity index (χ3v) is 2.67. The van der Waals surface area contributed by atoms with Gasteiger partial charge in [-0.05, 0) is 49.9 Å². The lowest BCUT2D eigenvalue weighted by atomic mass is 10.1. The zero-order valence-electron chi connectivity index (χ0n) is 8.32. The van der Waals surface area contributed by atoms with Crippen LogP contribution in [0.5, 0.6) is 0 Å². The molecule has 1 aromatic rings. The van der Waals surface area contributed by atoms with Crippen LogP contribution in [0.4, 0.5) is 4.39 Å². The number of hydrogen-bond donors (Lipinski definition) is 1. The van der Waals surface area contributed by atoms with Gasteiger partial charge in [0.2, 0.25) is 0 Å². The van der Waals surface area contributed by atoms with Gasteiger partial charge < -0.3 is 5.73 Å². The molecule has 0 aliphatic carbocycles. The molecule has 1 rings (SSSR count). The van der Waals surface area contributed by atoms with Crippen LogP contribution in [-0.4, -0.2) is 6.54 Å². The van der Waals surface area contributed by atoms with Crippen LogP contribution >= 0.6 is 11.6 Å². The van der Waals surface area contributed by atoms with E-state index in [9.17, 15) is 4.39 Å². The zero-order valence-corrected chi connectivity index (χ0v) is 9.07. The molecule has 0 saturated heterocycles. The van der Waals surface area contributed by atoms with Crippen molar-refractivity contribution in [2.24, 2.45) is 5.73 Å². The van der Waals surface area contributed by atoms with Crippen LogP contribution in [0.2, 0.25) is 5.02 Å². The summed E-state index contributed by atoms with van der Waals surface area (Å²) in [5, 5.41) is 0.229. The lowest BCUT2D eigenvalue weighted by molar-refractivity contribution is 0.623. The predicted molar refractivity (Wildman–Crippen MR) is 58.1 cm³/mol. The highest BCUT2D eigenvalue weighted by Gasteiger charge is 2.05. The van der Waals surface area contributed by atoms with Gasteiger partial charge in [0.15, 0.2) is 0 Å². The largest absolute Gasteiger partial charge is 0.330 e. The highest BCUT2D eigenvalue weighted by Crippen LogP contribution is 2.21. The van der Waals surface area contributed by atoms with Crippen LogP contribution in [-0.2, 0) is 6.42 Å². The molecule has 78 valence electrons. The second-order valence-electron chi connectivity index (χ2n) is 3.45. The molecule has 0 fully saturated rings. The monoisotopic (exact) mass is 215 g/mol. The van der Waals surface area contributed by atoms with Crippen LogP contribution in [0.25, 0.3) is 0 Å². The third kappa shape index (κ3) is 2.96. The molecule has 1 aromatic carbocycles. The van der Waals surface area contributed by atoms with Crippen LogP contribution in [0.3, 0.4) is 0 Å². The molecule has 0 bridgehead atoms. The Hall–Kier alpha value is -0.600. The fourth-order valence-corrected chi connectivity index (χ4v) is 1.52. The van der Waals surface area contributed by atoms with Crippen molar-refractivity contribution in [3.8, 4) is 0 Å². The number of benzene rings is 1. The number of nitrogens with two attached hydrogens (primary N) is 1. The third-order valence-electron chi connectivity index (χ3n) is 2.19. The van der Waals surface area contributed by atoms with E-state index in [4.69, 9.17) is 17.3 Å². The van der Waals surface area contributed by atoms with Gasteiger partial charge in [-0.3, -0.25) is 0 Å². The fraction of sp³-hybridized carbons (Fsp3) is 0.455. The average Bonchev–Trinajstić information content (AvgIpc) is 2.14. The summed E-state index contributed by atoms with van der Waals surface area (Å²) < 4.78 is 13.2. The Labute approximate surface area is 89.1 Å². The van der Waals surface area contributed by atoms with Gasteiger partial charge in [0.05, 0.1) is 5.02 Å². The number of hydrogen-bond acceptors (Lipinski definition) is 1. The maximum atomic E-state index is 13.2. The molecule has 3 heteroatoms. The topological polar surface area (TPSA) is 26.0 Å². The molecule has 0 amide bonds. The minimum Gasteiger partial charge on any atom is -0.330 e. The first kappa shape index (κ1) is 11.5. The predicted octanol–water partition coefficient (Wildman–Crippen LogP) is 3.07. The van der Waals surface area contributed by atoms with E-state index >= 15 is 0 Å². The molecule has 0 spiro atoms. The van der Waals surface area contributed by atoms with E-state index in [-0.39, 0.29) is 10.8 Å². The number of aryl methyl sites for hydroxylation is 2. The number of halogens is 2. The molecule has 14 heavy (non-hydrogen) atoms. The summed E-state index contributed by atoms with van der Waals surface area (Å²) in [6, 6.07) is 3.44. The molecular formula is C11H15ClFN. The Morgan fingerprint density at radius 1 is 1.36 bits per heavy atom. The fourth-order valence-electron chi connectivity index (χ4n) is 1.42. The highest BCUT2D eigenvalue weighted by atomic mass is 35.5. The Balaban J connectivity index is 2.69. The Morgan fingerprint density at radius 2 is 2.07 bits per heavy atom. The van der Waals surface area contributed by atoms with Gasteiger partial charge in [-0.25, -0.2) is 4.39 Å². The lowest BCUT2D eigenvalue weighted by Crippen LogP contribution is -1.99. The van der Waals surface area contributed by atoms with E-state index in [2.05, 4.69) is 0 Å². The second kappa shape index (κ2) is 5.32. The van der Waals surface area contributed by atoms with E-state index in [0.29, 0.717) is 6.54 Å². The first-order valence-electron chi connectivity index (χ1n) is 4.79. The van der Waals surface area contributed by atoms with Crippen LogP contribution < -0.4 is 5.73 Å². The lowest BCUT2D eigenvalue weighted by Gasteiger charge is -2.05. The zero-order chi connectivity index (χ0) is 10.6. The van der Waals surface area contributed by atoms with Gasteiger partial charge in [-0.15, -0.1) is 0 Å². The van der Waals surface area contributed by atoms with Crippen LogP contribution in [0.15, 0.2) is 12.1 Å². The summed E-state index contributed by atoms with van der Waals surface area (Å²) in [6.07, 6.45) is 2.84. The maximum absolute atomic E-state index is 13.2. The standard InChI is InChI=1S/C11H15ClFN/c1-8-6-9(4-2-3-5-14)7-10(13)11(8)12/h6-7H,2-5,14H2,1H3. The molecule has 0 aromatic heterocycles. The minimum atomic E-state index is -0.325. The summed E-state index contributed by atoms with van der Waals surface area (Å²) in [6.45, 7) is 2.51. The van der Waals surface area contributed by atoms with Crippen molar-refractivity contribution in [2.45, 2.75) is 26.2 Å². The maximum Gasteiger partial charge on any atom is 0.142 e. The first-order valence-corrected chi connectivity index (χ1v) is 5.17. The second-order valence-corrected chi connectivity index (χ2v) is 3.83. The molecule has 0 aliphatic heterocycles. The van der Waals surface area contributed by atoms with Crippen LogP contribution in [0.1, 0.15) is 24.0 Å². The summed E-state index contributed by atoms with van der Waals surface area (Å²) in [5.74, 6) is -0.325. The van der Waals surface area contributed by atoms with Crippen molar-refractivity contribution in [3.05, 3.63) is 34.1 Å². The first-order chi connectivity index (χ1) is 6.65. The summed E-state index contributed by atoms with van der Waals surface area (Å²) in [5.41, 5.74) is 7.18. The van der Waals surface area contributed by atoms with E-state index in [1.807, 2.05) is 13.0 Å². The van der Waals surface area contributed by atoms with E-state index in [0.717, 1.165) is 30.4 Å². The Morgan fingerprint density at radius 3 is 2.64 bits per heavy atom. The molecule has 0 atom stereocenters. The average molecular weight is 216 g/mol. The SMILES string of the molecule is Cc1cc(CCCCN)cc(F)c1Cl. The molecule has 0 saturated carbocycles. The minimum absolute atomic E-state index is 0.229. The molecule has 0 unspecified atom stereocenters. The Kier molecular flexibility index (Phi) is 4.36. The van der Waals surface area contributed by atoms with Gasteiger partial charge in [0.1, 0.15) is 5.82 Å². The van der Waals surface area contributed by atoms with E-state index in [1.165, 1.54) is 6.07 Å². The summed E-state index contributed by atoms with van der Waals surface area (Å²) in [4.78, 5) is 0. The normalized spacial score (nSPS) is 10.6. The number of rotatable bonds is 4. The van der Waals surface area contributed by atoms with Gasteiger partial charge in [-0.1, -0.05) is 17.7 Å². The Bertz CT molecular complexity index is 289. The molecule has 1 nitrogen and oxygen atoms in total. The van der Waals surface area contributed by atoms with Crippen molar-refractivity contribution < 1.29 is 4.39 Å².